The van der Waals surface area contributed by atoms with E-state index in [1.165, 1.54) is 0 Å². The topological polar surface area (TPSA) is 25.2 Å². The molecule has 0 aliphatic rings. The lowest BCUT2D eigenvalue weighted by Crippen LogP contribution is -2.23. The molecule has 0 aliphatic heterocycles. The second kappa shape index (κ2) is 4.46. The van der Waals surface area contributed by atoms with Crippen LogP contribution in [0.1, 0.15) is 0 Å². The Morgan fingerprint density at radius 1 is 1.62 bits per heavy atom. The summed E-state index contributed by atoms with van der Waals surface area (Å²) in [5.41, 5.74) is 0.987. The van der Waals surface area contributed by atoms with Gasteiger partial charge in [-0.25, -0.2) is 0 Å². The zero-order valence-corrected chi connectivity index (χ0v) is 9.41. The van der Waals surface area contributed by atoms with Crippen LogP contribution < -0.4 is 10.5 Å². The molecule has 0 radical (unpaired) electrons. The van der Waals surface area contributed by atoms with Crippen LogP contribution in [-0.4, -0.2) is 23.5 Å². The Labute approximate surface area is 86.1 Å². The monoisotopic (exact) mass is 244 g/mol. The molecule has 0 spiro atoms. The van der Waals surface area contributed by atoms with Gasteiger partial charge >= 0.3 is 0 Å². The van der Waals surface area contributed by atoms with E-state index in [2.05, 4.69) is 15.9 Å². The molecule has 0 aromatic carbocycles. The summed E-state index contributed by atoms with van der Waals surface area (Å²) in [7, 11) is 3.71. The largest absolute Gasteiger partial charge is 0.374 e. The molecule has 0 amide bonds. The van der Waals surface area contributed by atoms with E-state index in [0.717, 1.165) is 17.6 Å². The molecular formula is C9H13BrN2O. The van der Waals surface area contributed by atoms with E-state index in [-0.39, 0.29) is 5.56 Å². The Bertz CT molecular complexity index is 335. The molecule has 0 fully saturated rings. The van der Waals surface area contributed by atoms with Crippen LogP contribution in [0.15, 0.2) is 23.1 Å². The smallest absolute Gasteiger partial charge is 0.252 e. The first-order valence-electron chi connectivity index (χ1n) is 4.09. The third-order valence-corrected chi connectivity index (χ3v) is 2.30. The number of pyridine rings is 1. The second-order valence-corrected chi connectivity index (χ2v) is 3.74. The SMILES string of the molecule is CN(CCBr)c1ccn(C)c(=O)c1. The summed E-state index contributed by atoms with van der Waals surface area (Å²) in [6, 6.07) is 3.58. The predicted molar refractivity (Wildman–Crippen MR) is 58.7 cm³/mol. The highest BCUT2D eigenvalue weighted by Crippen LogP contribution is 2.07. The van der Waals surface area contributed by atoms with Crippen molar-refractivity contribution in [3.8, 4) is 0 Å². The second-order valence-electron chi connectivity index (χ2n) is 2.94. The number of hydrogen-bond acceptors (Lipinski definition) is 2. The van der Waals surface area contributed by atoms with Crippen LogP contribution in [0.2, 0.25) is 0 Å². The van der Waals surface area contributed by atoms with Crippen molar-refractivity contribution in [1.29, 1.82) is 0 Å². The number of rotatable bonds is 3. The molecule has 0 unspecified atom stereocenters. The summed E-state index contributed by atoms with van der Waals surface area (Å²) < 4.78 is 1.56. The molecule has 1 rings (SSSR count). The Kier molecular flexibility index (Phi) is 3.54. The van der Waals surface area contributed by atoms with Gasteiger partial charge in [0.15, 0.2) is 0 Å². The van der Waals surface area contributed by atoms with Crippen molar-refractivity contribution in [2.24, 2.45) is 7.05 Å². The molecular weight excluding hydrogens is 232 g/mol. The van der Waals surface area contributed by atoms with E-state index < -0.39 is 0 Å². The van der Waals surface area contributed by atoms with Crippen LogP contribution in [0.5, 0.6) is 0 Å². The Morgan fingerprint density at radius 3 is 2.85 bits per heavy atom. The van der Waals surface area contributed by atoms with Crippen LogP contribution in [-0.2, 0) is 7.05 Å². The number of alkyl halides is 1. The van der Waals surface area contributed by atoms with E-state index >= 15 is 0 Å². The van der Waals surface area contributed by atoms with Gasteiger partial charge in [0, 0.05) is 43.9 Å². The van der Waals surface area contributed by atoms with Gasteiger partial charge in [0.05, 0.1) is 0 Å². The summed E-state index contributed by atoms with van der Waals surface area (Å²) in [6.45, 7) is 0.896. The third-order valence-electron chi connectivity index (χ3n) is 1.95. The van der Waals surface area contributed by atoms with Crippen molar-refractivity contribution in [2.45, 2.75) is 0 Å². The minimum atomic E-state index is 0.0268. The van der Waals surface area contributed by atoms with Crippen molar-refractivity contribution < 1.29 is 0 Å². The Hall–Kier alpha value is -0.770. The summed E-state index contributed by atoms with van der Waals surface area (Å²) in [6.07, 6.45) is 1.78. The van der Waals surface area contributed by atoms with Crippen LogP contribution >= 0.6 is 15.9 Å². The van der Waals surface area contributed by atoms with E-state index in [0.29, 0.717) is 0 Å². The van der Waals surface area contributed by atoms with Crippen molar-refractivity contribution in [2.75, 3.05) is 23.8 Å². The van der Waals surface area contributed by atoms with Gasteiger partial charge in [0.25, 0.3) is 5.56 Å². The fraction of sp³-hybridized carbons (Fsp3) is 0.444. The lowest BCUT2D eigenvalue weighted by atomic mass is 10.3. The molecule has 0 saturated carbocycles. The summed E-state index contributed by atoms with van der Waals surface area (Å²) in [5, 5.41) is 0.901. The highest BCUT2D eigenvalue weighted by molar-refractivity contribution is 9.09. The van der Waals surface area contributed by atoms with E-state index in [4.69, 9.17) is 0 Å². The Morgan fingerprint density at radius 2 is 2.31 bits per heavy atom. The van der Waals surface area contributed by atoms with Gasteiger partial charge in [-0.15, -0.1) is 0 Å². The van der Waals surface area contributed by atoms with Gasteiger partial charge < -0.3 is 9.47 Å². The van der Waals surface area contributed by atoms with Crippen LogP contribution in [0.3, 0.4) is 0 Å². The van der Waals surface area contributed by atoms with Crippen molar-refractivity contribution in [3.63, 3.8) is 0 Å². The number of hydrogen-bond donors (Lipinski definition) is 0. The van der Waals surface area contributed by atoms with Crippen molar-refractivity contribution in [1.82, 2.24) is 4.57 Å². The van der Waals surface area contributed by atoms with Crippen LogP contribution in [0, 0.1) is 0 Å². The zero-order valence-electron chi connectivity index (χ0n) is 7.83. The van der Waals surface area contributed by atoms with Crippen LogP contribution in [0.4, 0.5) is 5.69 Å². The molecule has 1 aromatic rings. The molecule has 13 heavy (non-hydrogen) atoms. The maximum atomic E-state index is 11.3. The fourth-order valence-corrected chi connectivity index (χ4v) is 1.56. The van der Waals surface area contributed by atoms with Gasteiger partial charge in [-0.3, -0.25) is 4.79 Å². The highest BCUT2D eigenvalue weighted by atomic mass is 79.9. The zero-order chi connectivity index (χ0) is 9.84. The van der Waals surface area contributed by atoms with Crippen LogP contribution in [0.25, 0.3) is 0 Å². The normalized spacial score (nSPS) is 10.1. The minimum absolute atomic E-state index is 0.0268. The molecule has 0 bridgehead atoms. The lowest BCUT2D eigenvalue weighted by Gasteiger charge is -2.17. The summed E-state index contributed by atoms with van der Waals surface area (Å²) >= 11 is 3.36. The lowest BCUT2D eigenvalue weighted by molar-refractivity contribution is 0.852. The average Bonchev–Trinajstić information content (AvgIpc) is 2.10. The van der Waals surface area contributed by atoms with E-state index in [1.54, 1.807) is 23.9 Å². The first-order valence-corrected chi connectivity index (χ1v) is 5.21. The molecule has 1 aromatic heterocycles. The Balaban J connectivity index is 2.90. The molecule has 1 heterocycles. The molecule has 0 atom stereocenters. The quantitative estimate of drug-likeness (QED) is 0.748. The third kappa shape index (κ3) is 2.59. The highest BCUT2D eigenvalue weighted by Gasteiger charge is 2.00. The average molecular weight is 245 g/mol. The van der Waals surface area contributed by atoms with E-state index in [1.807, 2.05) is 18.0 Å². The van der Waals surface area contributed by atoms with Gasteiger partial charge in [0.1, 0.15) is 0 Å². The molecule has 72 valence electrons. The predicted octanol–water partition coefficient (Wildman–Crippen LogP) is 1.22. The van der Waals surface area contributed by atoms with Gasteiger partial charge in [0.2, 0.25) is 0 Å². The summed E-state index contributed by atoms with van der Waals surface area (Å²) in [4.78, 5) is 13.3. The standard InChI is InChI=1S/C9H13BrN2O/c1-11(6-4-10)8-3-5-12(2)9(13)7-8/h3,5,7H,4,6H2,1-2H3. The number of anilines is 1. The maximum absolute atomic E-state index is 11.3. The maximum Gasteiger partial charge on any atom is 0.252 e. The van der Waals surface area contributed by atoms with Gasteiger partial charge in [-0.1, -0.05) is 15.9 Å². The molecule has 3 nitrogen and oxygen atoms in total. The minimum Gasteiger partial charge on any atom is -0.374 e. The number of nitrogens with zero attached hydrogens (tertiary/aromatic N) is 2. The van der Waals surface area contributed by atoms with Gasteiger partial charge in [-0.2, -0.15) is 0 Å². The molecule has 0 aliphatic carbocycles. The fourth-order valence-electron chi connectivity index (χ4n) is 1.03. The molecule has 4 heteroatoms. The molecule has 0 saturated heterocycles. The first kappa shape index (κ1) is 10.3. The van der Waals surface area contributed by atoms with E-state index in [9.17, 15) is 4.79 Å². The summed E-state index contributed by atoms with van der Waals surface area (Å²) in [5.74, 6) is 0. The van der Waals surface area contributed by atoms with Gasteiger partial charge in [-0.05, 0) is 6.07 Å². The first-order chi connectivity index (χ1) is 6.15. The number of aryl methyl sites for hydroxylation is 1. The number of aromatic nitrogens is 1. The van der Waals surface area contributed by atoms with Crippen molar-refractivity contribution >= 4 is 21.6 Å². The molecule has 0 N–H and O–H groups in total. The number of halogens is 1. The van der Waals surface area contributed by atoms with Crippen molar-refractivity contribution in [3.05, 3.63) is 28.7 Å².